The van der Waals surface area contributed by atoms with Gasteiger partial charge in [-0.1, -0.05) is 143 Å². The van der Waals surface area contributed by atoms with Crippen LogP contribution in [0.4, 0.5) is 17.1 Å². The fourth-order valence-corrected chi connectivity index (χ4v) is 9.75. The van der Waals surface area contributed by atoms with Gasteiger partial charge < -0.3 is 4.90 Å². The second kappa shape index (κ2) is 12.1. The van der Waals surface area contributed by atoms with Gasteiger partial charge in [0.2, 0.25) is 0 Å². The average Bonchev–Trinajstić information content (AvgIpc) is 3.62. The van der Waals surface area contributed by atoms with Crippen molar-refractivity contribution in [2.75, 3.05) is 4.90 Å². The highest BCUT2D eigenvalue weighted by molar-refractivity contribution is 7.26. The number of anilines is 3. The lowest BCUT2D eigenvalue weighted by atomic mass is 9.82. The summed E-state index contributed by atoms with van der Waals surface area (Å²) in [5.41, 5.74) is 14.2. The Hall–Kier alpha value is -5.44. The molecule has 1 heterocycles. The van der Waals surface area contributed by atoms with Gasteiger partial charge in [0, 0.05) is 31.5 Å². The van der Waals surface area contributed by atoms with Crippen molar-refractivity contribution in [3.05, 3.63) is 175 Å². The van der Waals surface area contributed by atoms with Crippen molar-refractivity contribution in [3.63, 3.8) is 0 Å². The first-order chi connectivity index (χ1) is 24.7. The van der Waals surface area contributed by atoms with E-state index in [9.17, 15) is 0 Å². The molecule has 9 rings (SSSR count). The Balaban J connectivity index is 1.08. The summed E-state index contributed by atoms with van der Waals surface area (Å²) in [6.45, 7) is 9.64. The van der Waals surface area contributed by atoms with Crippen molar-refractivity contribution in [3.8, 4) is 33.4 Å². The molecule has 8 aromatic rings. The molecule has 2 heteroatoms. The zero-order chi connectivity index (χ0) is 34.7. The molecule has 0 atom stereocenters. The van der Waals surface area contributed by atoms with Gasteiger partial charge in [0.15, 0.2) is 0 Å². The SMILES string of the molecule is CC1(C)CC(C)(C)c2cc3c(cc21)sc1cccc(N(c2ccccc2)c2ccc(-c4ccc(-c5ccc(-c6ccccc6)cc5)cc4)cc2)c13. The highest BCUT2D eigenvalue weighted by Crippen LogP contribution is 2.53. The molecule has 0 aliphatic heterocycles. The van der Waals surface area contributed by atoms with Crippen LogP contribution in [0.2, 0.25) is 0 Å². The molecule has 7 aromatic carbocycles. The molecule has 1 aromatic heterocycles. The Morgan fingerprint density at radius 3 is 1.43 bits per heavy atom. The van der Waals surface area contributed by atoms with Crippen molar-refractivity contribution >= 4 is 48.6 Å². The number of rotatable bonds is 6. The van der Waals surface area contributed by atoms with Crippen LogP contribution >= 0.6 is 11.3 Å². The van der Waals surface area contributed by atoms with Crippen molar-refractivity contribution in [1.82, 2.24) is 0 Å². The van der Waals surface area contributed by atoms with E-state index in [0.29, 0.717) is 0 Å². The van der Waals surface area contributed by atoms with E-state index in [0.717, 1.165) is 11.4 Å². The summed E-state index contributed by atoms with van der Waals surface area (Å²) in [4.78, 5) is 2.43. The van der Waals surface area contributed by atoms with Gasteiger partial charge in [0.05, 0.1) is 5.69 Å². The molecular formula is C49H41NS. The van der Waals surface area contributed by atoms with Gasteiger partial charge in [-0.25, -0.2) is 0 Å². The second-order valence-corrected chi connectivity index (χ2v) is 16.4. The Morgan fingerprint density at radius 2 is 0.882 bits per heavy atom. The lowest BCUT2D eigenvalue weighted by Gasteiger charge is -2.27. The fraction of sp³-hybridized carbons (Fsp3) is 0.143. The first kappa shape index (κ1) is 31.5. The summed E-state index contributed by atoms with van der Waals surface area (Å²) in [6, 6.07) is 60.1. The van der Waals surface area contributed by atoms with Crippen molar-refractivity contribution in [2.45, 2.75) is 44.9 Å². The minimum absolute atomic E-state index is 0.149. The summed E-state index contributed by atoms with van der Waals surface area (Å²) >= 11 is 1.92. The fourth-order valence-electron chi connectivity index (χ4n) is 8.60. The largest absolute Gasteiger partial charge is 0.310 e. The maximum absolute atomic E-state index is 2.52. The standard InChI is InChI=1S/C49H41NS/c1-48(2)32-49(3,4)43-31-46-41(30-42(43)48)47-44(16-11-17-45(47)51-46)50(39-14-9-6-10-15-39)40-28-26-38(27-29-40)37-24-22-36(23-25-37)35-20-18-34(19-21-35)33-12-7-5-8-13-33/h5-31H,32H2,1-4H3. The molecule has 0 fully saturated rings. The zero-order valence-corrected chi connectivity index (χ0v) is 30.5. The van der Waals surface area contributed by atoms with Crippen LogP contribution in [0.1, 0.15) is 45.2 Å². The molecule has 0 saturated heterocycles. The van der Waals surface area contributed by atoms with E-state index in [1.807, 2.05) is 11.3 Å². The smallest absolute Gasteiger partial charge is 0.0554 e. The van der Waals surface area contributed by atoms with Crippen LogP contribution in [0.3, 0.4) is 0 Å². The second-order valence-electron chi connectivity index (χ2n) is 15.3. The minimum atomic E-state index is 0.149. The first-order valence-electron chi connectivity index (χ1n) is 18.0. The van der Waals surface area contributed by atoms with Gasteiger partial charge in [-0.05, 0) is 110 Å². The average molecular weight is 676 g/mol. The van der Waals surface area contributed by atoms with E-state index >= 15 is 0 Å². The molecular weight excluding hydrogens is 635 g/mol. The monoisotopic (exact) mass is 675 g/mol. The maximum Gasteiger partial charge on any atom is 0.0554 e. The molecule has 51 heavy (non-hydrogen) atoms. The molecule has 0 bridgehead atoms. The maximum atomic E-state index is 2.52. The Kier molecular flexibility index (Phi) is 7.49. The molecule has 0 spiro atoms. The summed E-state index contributed by atoms with van der Waals surface area (Å²) in [5.74, 6) is 0. The van der Waals surface area contributed by atoms with Gasteiger partial charge in [0.1, 0.15) is 0 Å². The highest BCUT2D eigenvalue weighted by atomic mass is 32.1. The van der Waals surface area contributed by atoms with E-state index < -0.39 is 0 Å². The normalized spacial score (nSPS) is 14.5. The Morgan fingerprint density at radius 1 is 0.431 bits per heavy atom. The van der Waals surface area contributed by atoms with Gasteiger partial charge in [-0.15, -0.1) is 11.3 Å². The predicted molar refractivity (Wildman–Crippen MR) is 221 cm³/mol. The third-order valence-electron chi connectivity index (χ3n) is 10.9. The third-order valence-corrected chi connectivity index (χ3v) is 12.0. The minimum Gasteiger partial charge on any atom is -0.310 e. The molecule has 0 saturated carbocycles. The number of hydrogen-bond donors (Lipinski definition) is 0. The number of hydrogen-bond acceptors (Lipinski definition) is 2. The number of thiophene rings is 1. The van der Waals surface area contributed by atoms with E-state index in [1.165, 1.54) is 76.8 Å². The molecule has 0 unspecified atom stereocenters. The molecule has 1 nitrogen and oxygen atoms in total. The first-order valence-corrected chi connectivity index (χ1v) is 18.8. The van der Waals surface area contributed by atoms with Crippen LogP contribution in [0.25, 0.3) is 53.6 Å². The van der Waals surface area contributed by atoms with Crippen LogP contribution in [0.15, 0.2) is 164 Å². The lowest BCUT2D eigenvalue weighted by Crippen LogP contribution is -2.17. The molecule has 0 radical (unpaired) electrons. The predicted octanol–water partition coefficient (Wildman–Crippen LogP) is 14.5. The highest BCUT2D eigenvalue weighted by Gasteiger charge is 2.42. The van der Waals surface area contributed by atoms with Crippen molar-refractivity contribution < 1.29 is 0 Å². The number of nitrogens with zero attached hydrogens (tertiary/aromatic N) is 1. The van der Waals surface area contributed by atoms with E-state index in [2.05, 4.69) is 196 Å². The summed E-state index contributed by atoms with van der Waals surface area (Å²) in [5, 5.41) is 2.70. The summed E-state index contributed by atoms with van der Waals surface area (Å²) in [7, 11) is 0. The van der Waals surface area contributed by atoms with Gasteiger partial charge in [-0.2, -0.15) is 0 Å². The van der Waals surface area contributed by atoms with E-state index in [4.69, 9.17) is 0 Å². The third kappa shape index (κ3) is 5.55. The van der Waals surface area contributed by atoms with Crippen molar-refractivity contribution in [1.29, 1.82) is 0 Å². The van der Waals surface area contributed by atoms with Crippen LogP contribution in [-0.2, 0) is 10.8 Å². The Labute approximate surface area is 305 Å². The number of fused-ring (bicyclic) bond motifs is 4. The van der Waals surface area contributed by atoms with Crippen LogP contribution < -0.4 is 4.90 Å². The molecule has 1 aliphatic rings. The number of benzene rings is 7. The molecule has 1 aliphatic carbocycles. The molecule has 0 N–H and O–H groups in total. The van der Waals surface area contributed by atoms with Gasteiger partial charge in [0.25, 0.3) is 0 Å². The summed E-state index contributed by atoms with van der Waals surface area (Å²) < 4.78 is 2.70. The topological polar surface area (TPSA) is 3.24 Å². The number of para-hydroxylation sites is 1. The van der Waals surface area contributed by atoms with Crippen LogP contribution in [-0.4, -0.2) is 0 Å². The zero-order valence-electron chi connectivity index (χ0n) is 29.7. The Bertz CT molecular complexity index is 2500. The van der Waals surface area contributed by atoms with Crippen LogP contribution in [0, 0.1) is 0 Å². The molecule has 0 amide bonds. The lowest BCUT2D eigenvalue weighted by molar-refractivity contribution is 0.403. The van der Waals surface area contributed by atoms with Crippen LogP contribution in [0.5, 0.6) is 0 Å². The molecule has 248 valence electrons. The van der Waals surface area contributed by atoms with Crippen molar-refractivity contribution in [2.24, 2.45) is 0 Å². The summed E-state index contributed by atoms with van der Waals surface area (Å²) in [6.07, 6.45) is 1.17. The quantitative estimate of drug-likeness (QED) is 0.170. The van der Waals surface area contributed by atoms with E-state index in [1.54, 1.807) is 0 Å². The van der Waals surface area contributed by atoms with Gasteiger partial charge in [-0.3, -0.25) is 0 Å². The van der Waals surface area contributed by atoms with Gasteiger partial charge >= 0.3 is 0 Å². The van der Waals surface area contributed by atoms with E-state index in [-0.39, 0.29) is 10.8 Å².